The third-order valence-corrected chi connectivity index (χ3v) is 3.48. The third-order valence-electron chi connectivity index (χ3n) is 3.48. The maximum absolute atomic E-state index is 5.52. The van der Waals surface area contributed by atoms with Gasteiger partial charge in [0.2, 0.25) is 0 Å². The van der Waals surface area contributed by atoms with Gasteiger partial charge in [0.25, 0.3) is 0 Å². The Bertz CT molecular complexity index is 371. The van der Waals surface area contributed by atoms with Crippen molar-refractivity contribution in [1.29, 1.82) is 0 Å². The molecule has 1 atom stereocenters. The monoisotopic (exact) mass is 295 g/mol. The average Bonchev–Trinajstić information content (AvgIpc) is 2.51. The molecule has 120 valence electrons. The third kappa shape index (κ3) is 8.05. The number of hydrogen-bond donors (Lipinski definition) is 1. The van der Waals surface area contributed by atoms with E-state index < -0.39 is 0 Å². The van der Waals surface area contributed by atoms with E-state index in [2.05, 4.69) is 23.5 Å². The smallest absolute Gasteiger partial charge is 0.119 e. The van der Waals surface area contributed by atoms with Crippen molar-refractivity contribution in [3.63, 3.8) is 0 Å². The van der Waals surface area contributed by atoms with Gasteiger partial charge in [-0.3, -0.25) is 0 Å². The number of ether oxygens (including phenoxy) is 3. The van der Waals surface area contributed by atoms with E-state index in [4.69, 9.17) is 14.2 Å². The molecule has 0 saturated carbocycles. The van der Waals surface area contributed by atoms with Gasteiger partial charge in [-0.25, -0.2) is 0 Å². The van der Waals surface area contributed by atoms with E-state index >= 15 is 0 Å². The maximum atomic E-state index is 5.52. The van der Waals surface area contributed by atoms with Crippen molar-refractivity contribution in [3.8, 4) is 5.75 Å². The Balaban J connectivity index is 2.34. The SMILES string of the molecule is CNCC(CCCOCCOC)Cc1cccc(OC)c1. The van der Waals surface area contributed by atoms with Crippen LogP contribution in [0, 0.1) is 5.92 Å². The minimum absolute atomic E-state index is 0.619. The molecule has 0 aromatic heterocycles. The molecule has 0 saturated heterocycles. The first-order valence-electron chi connectivity index (χ1n) is 7.64. The van der Waals surface area contributed by atoms with Crippen molar-refractivity contribution in [3.05, 3.63) is 29.8 Å². The van der Waals surface area contributed by atoms with E-state index in [1.165, 1.54) is 5.56 Å². The number of hydrogen-bond acceptors (Lipinski definition) is 4. The second kappa shape index (κ2) is 11.5. The lowest BCUT2D eigenvalue weighted by Crippen LogP contribution is -2.21. The van der Waals surface area contributed by atoms with Crippen LogP contribution in [0.2, 0.25) is 0 Å². The highest BCUT2D eigenvalue weighted by Crippen LogP contribution is 2.18. The lowest BCUT2D eigenvalue weighted by Gasteiger charge is -2.17. The van der Waals surface area contributed by atoms with Crippen molar-refractivity contribution < 1.29 is 14.2 Å². The Morgan fingerprint density at radius 3 is 2.71 bits per heavy atom. The molecule has 0 bridgehead atoms. The summed E-state index contributed by atoms with van der Waals surface area (Å²) >= 11 is 0. The summed E-state index contributed by atoms with van der Waals surface area (Å²) in [5.74, 6) is 1.55. The van der Waals surface area contributed by atoms with Crippen LogP contribution in [0.25, 0.3) is 0 Å². The van der Waals surface area contributed by atoms with Gasteiger partial charge in [-0.2, -0.15) is 0 Å². The first-order chi connectivity index (χ1) is 10.3. The predicted octanol–water partition coefficient (Wildman–Crippen LogP) is 2.52. The van der Waals surface area contributed by atoms with Gasteiger partial charge in [0, 0.05) is 13.7 Å². The van der Waals surface area contributed by atoms with Crippen LogP contribution in [0.15, 0.2) is 24.3 Å². The standard InChI is InChI=1S/C17H29NO3/c1-18-14-16(7-5-9-21-11-10-19-2)12-15-6-4-8-17(13-15)20-3/h4,6,8,13,16,18H,5,7,9-12,14H2,1-3H3. The van der Waals surface area contributed by atoms with Gasteiger partial charge in [-0.1, -0.05) is 12.1 Å². The Hall–Kier alpha value is -1.10. The highest BCUT2D eigenvalue weighted by molar-refractivity contribution is 5.28. The number of methoxy groups -OCH3 is 2. The predicted molar refractivity (Wildman–Crippen MR) is 86.0 cm³/mol. The fraction of sp³-hybridized carbons (Fsp3) is 0.647. The summed E-state index contributed by atoms with van der Waals surface area (Å²) in [6, 6.07) is 8.33. The Kier molecular flexibility index (Phi) is 9.87. The van der Waals surface area contributed by atoms with Crippen LogP contribution in [0.3, 0.4) is 0 Å². The first kappa shape index (κ1) is 18.0. The van der Waals surface area contributed by atoms with E-state index in [1.807, 2.05) is 13.1 Å². The molecule has 1 N–H and O–H groups in total. The second-order valence-corrected chi connectivity index (χ2v) is 5.23. The van der Waals surface area contributed by atoms with Crippen molar-refractivity contribution >= 4 is 0 Å². The van der Waals surface area contributed by atoms with Crippen molar-refractivity contribution in [1.82, 2.24) is 5.32 Å². The quantitative estimate of drug-likeness (QED) is 0.602. The van der Waals surface area contributed by atoms with Gasteiger partial charge in [0.05, 0.1) is 20.3 Å². The molecule has 1 unspecified atom stereocenters. The molecule has 0 aliphatic heterocycles. The zero-order valence-electron chi connectivity index (χ0n) is 13.6. The van der Waals surface area contributed by atoms with Crippen molar-refractivity contribution in [2.45, 2.75) is 19.3 Å². The van der Waals surface area contributed by atoms with Crippen LogP contribution in [-0.4, -0.2) is 47.6 Å². The summed E-state index contributed by atoms with van der Waals surface area (Å²) in [6.45, 7) is 3.18. The lowest BCUT2D eigenvalue weighted by molar-refractivity contribution is 0.0672. The van der Waals surface area contributed by atoms with Crippen molar-refractivity contribution in [2.24, 2.45) is 5.92 Å². The summed E-state index contributed by atoms with van der Waals surface area (Å²) in [5.41, 5.74) is 1.33. The number of rotatable bonds is 12. The van der Waals surface area contributed by atoms with Gasteiger partial charge < -0.3 is 19.5 Å². The molecule has 1 aromatic rings. The summed E-state index contributed by atoms with van der Waals surface area (Å²) in [5, 5.41) is 3.29. The van der Waals surface area contributed by atoms with Gasteiger partial charge in [-0.15, -0.1) is 0 Å². The molecular weight excluding hydrogens is 266 g/mol. The van der Waals surface area contributed by atoms with Crippen LogP contribution in [0.4, 0.5) is 0 Å². The molecule has 0 aliphatic rings. The summed E-state index contributed by atoms with van der Waals surface area (Å²) in [6.07, 6.45) is 3.31. The first-order valence-corrected chi connectivity index (χ1v) is 7.64. The van der Waals surface area contributed by atoms with Gasteiger partial charge in [-0.05, 0) is 56.5 Å². The highest BCUT2D eigenvalue weighted by Gasteiger charge is 2.09. The Morgan fingerprint density at radius 2 is 2.00 bits per heavy atom. The lowest BCUT2D eigenvalue weighted by atomic mass is 9.94. The molecule has 0 aliphatic carbocycles. The average molecular weight is 295 g/mol. The van der Waals surface area contributed by atoms with Crippen LogP contribution in [-0.2, 0) is 15.9 Å². The zero-order chi connectivity index (χ0) is 15.3. The van der Waals surface area contributed by atoms with Gasteiger partial charge >= 0.3 is 0 Å². The van der Waals surface area contributed by atoms with Crippen molar-refractivity contribution in [2.75, 3.05) is 47.6 Å². The molecule has 0 spiro atoms. The maximum Gasteiger partial charge on any atom is 0.119 e. The molecule has 21 heavy (non-hydrogen) atoms. The summed E-state index contributed by atoms with van der Waals surface area (Å²) < 4.78 is 15.8. The molecule has 4 heteroatoms. The highest BCUT2D eigenvalue weighted by atomic mass is 16.5. The number of benzene rings is 1. The largest absolute Gasteiger partial charge is 0.497 e. The van der Waals surface area contributed by atoms with E-state index in [9.17, 15) is 0 Å². The van der Waals surface area contributed by atoms with Gasteiger partial charge in [0.15, 0.2) is 0 Å². The molecule has 0 heterocycles. The summed E-state index contributed by atoms with van der Waals surface area (Å²) in [7, 11) is 5.41. The zero-order valence-corrected chi connectivity index (χ0v) is 13.6. The van der Waals surface area contributed by atoms with E-state index in [0.29, 0.717) is 19.1 Å². The van der Waals surface area contributed by atoms with Crippen LogP contribution in [0.1, 0.15) is 18.4 Å². The van der Waals surface area contributed by atoms with E-state index in [-0.39, 0.29) is 0 Å². The normalized spacial score (nSPS) is 12.3. The topological polar surface area (TPSA) is 39.7 Å². The Labute approximate surface area is 128 Å². The summed E-state index contributed by atoms with van der Waals surface area (Å²) in [4.78, 5) is 0. The molecule has 4 nitrogen and oxygen atoms in total. The van der Waals surface area contributed by atoms with Crippen LogP contribution >= 0.6 is 0 Å². The fourth-order valence-corrected chi connectivity index (χ4v) is 2.42. The fourth-order valence-electron chi connectivity index (χ4n) is 2.42. The molecule has 0 amide bonds. The molecule has 0 radical (unpaired) electrons. The molecule has 0 fully saturated rings. The number of nitrogens with one attached hydrogen (secondary N) is 1. The minimum Gasteiger partial charge on any atom is -0.497 e. The minimum atomic E-state index is 0.619. The van der Waals surface area contributed by atoms with Gasteiger partial charge in [0.1, 0.15) is 5.75 Å². The van der Waals surface area contributed by atoms with Crippen LogP contribution in [0.5, 0.6) is 5.75 Å². The van der Waals surface area contributed by atoms with E-state index in [1.54, 1.807) is 14.2 Å². The molecule has 1 aromatic carbocycles. The van der Waals surface area contributed by atoms with E-state index in [0.717, 1.165) is 38.2 Å². The second-order valence-electron chi connectivity index (χ2n) is 5.23. The Morgan fingerprint density at radius 1 is 1.14 bits per heavy atom. The molecular formula is C17H29NO3. The van der Waals surface area contributed by atoms with Crippen LogP contribution < -0.4 is 10.1 Å². The molecule has 1 rings (SSSR count).